The maximum Gasteiger partial charge on any atom is 0.264 e. The lowest BCUT2D eigenvalue weighted by molar-refractivity contribution is -0.119. The summed E-state index contributed by atoms with van der Waals surface area (Å²) < 4.78 is 55.1. The second-order valence-corrected chi connectivity index (χ2v) is 11.9. The van der Waals surface area contributed by atoms with Crippen molar-refractivity contribution in [3.8, 4) is 17.2 Å². The van der Waals surface area contributed by atoms with Gasteiger partial charge in [-0.3, -0.25) is 9.10 Å². The normalized spacial score (nSPS) is 12.9. The molecule has 0 unspecified atom stereocenters. The molecule has 0 aliphatic carbocycles. The largest absolute Gasteiger partial charge is 0.486 e. The van der Waals surface area contributed by atoms with Crippen LogP contribution in [0.15, 0.2) is 76.7 Å². The molecule has 0 spiro atoms. The molecule has 4 aromatic rings. The molecule has 0 atom stereocenters. The van der Waals surface area contributed by atoms with Crippen LogP contribution in [0.2, 0.25) is 0 Å². The molecule has 1 aliphatic heterocycles. The zero-order chi connectivity index (χ0) is 30.0. The van der Waals surface area contributed by atoms with Gasteiger partial charge in [-0.05, 0) is 81.8 Å². The van der Waals surface area contributed by atoms with Crippen LogP contribution < -0.4 is 19.2 Å². The Hall–Kier alpha value is -4.64. The van der Waals surface area contributed by atoms with Gasteiger partial charge in [0.15, 0.2) is 11.5 Å². The summed E-state index contributed by atoms with van der Waals surface area (Å²) in [5.74, 6) is -0.505. The molecule has 0 fully saturated rings. The van der Waals surface area contributed by atoms with Crippen molar-refractivity contribution < 1.29 is 27.1 Å². The zero-order valence-corrected chi connectivity index (χ0v) is 24.5. The highest BCUT2D eigenvalue weighted by atomic mass is 32.2. The van der Waals surface area contributed by atoms with E-state index in [4.69, 9.17) is 9.47 Å². The summed E-state index contributed by atoms with van der Waals surface area (Å²) in [6.45, 7) is 8.10. The number of benzene rings is 3. The van der Waals surface area contributed by atoms with Crippen LogP contribution in [0.5, 0.6) is 11.5 Å². The number of aromatic nitrogens is 1. The third kappa shape index (κ3) is 5.87. The summed E-state index contributed by atoms with van der Waals surface area (Å²) in [7, 11) is -4.26. The molecule has 0 saturated heterocycles. The molecule has 1 aliphatic rings. The van der Waals surface area contributed by atoms with Crippen molar-refractivity contribution >= 4 is 27.8 Å². The molecule has 1 N–H and O–H groups in total. The maximum atomic E-state index is 13.7. The van der Waals surface area contributed by atoms with Crippen molar-refractivity contribution in [2.75, 3.05) is 24.1 Å². The predicted octanol–water partition coefficient (Wildman–Crippen LogP) is 4.97. The molecule has 0 radical (unpaired) electrons. The van der Waals surface area contributed by atoms with E-state index in [1.165, 1.54) is 42.1 Å². The quantitative estimate of drug-likeness (QED) is 0.231. The average molecular weight is 591 g/mol. The van der Waals surface area contributed by atoms with E-state index >= 15 is 0 Å². The number of nitrogens with one attached hydrogen (secondary N) is 1. The summed E-state index contributed by atoms with van der Waals surface area (Å²) in [6.07, 6.45) is 1.53. The van der Waals surface area contributed by atoms with E-state index in [9.17, 15) is 17.6 Å². The Morgan fingerprint density at radius 1 is 0.976 bits per heavy atom. The zero-order valence-electron chi connectivity index (χ0n) is 23.7. The minimum absolute atomic E-state index is 0.105. The highest BCUT2D eigenvalue weighted by Gasteiger charge is 2.29. The number of carbonyl (C=O) groups excluding carboxylic acids is 1. The Kier molecular flexibility index (Phi) is 8.04. The van der Waals surface area contributed by atoms with E-state index in [-0.39, 0.29) is 22.9 Å². The number of carbonyl (C=O) groups is 1. The Labute approximate surface area is 244 Å². The van der Waals surface area contributed by atoms with E-state index < -0.39 is 28.3 Å². The van der Waals surface area contributed by atoms with Crippen LogP contribution in [-0.4, -0.2) is 44.9 Å². The summed E-state index contributed by atoms with van der Waals surface area (Å²) in [6, 6.07) is 17.3. The lowest BCUT2D eigenvalue weighted by atomic mass is 10.1. The van der Waals surface area contributed by atoms with Crippen LogP contribution in [0, 0.1) is 33.5 Å². The number of rotatable bonds is 8. The first kappa shape index (κ1) is 28.9. The highest BCUT2D eigenvalue weighted by molar-refractivity contribution is 7.92. The molecular weight excluding hydrogens is 559 g/mol. The van der Waals surface area contributed by atoms with Crippen molar-refractivity contribution in [3.63, 3.8) is 0 Å². The fourth-order valence-electron chi connectivity index (χ4n) is 4.92. The van der Waals surface area contributed by atoms with Crippen LogP contribution in [0.25, 0.3) is 5.69 Å². The third-order valence-electron chi connectivity index (χ3n) is 6.96. The highest BCUT2D eigenvalue weighted by Crippen LogP contribution is 2.34. The molecule has 3 aromatic carbocycles. The number of sulfonamides is 1. The summed E-state index contributed by atoms with van der Waals surface area (Å²) >= 11 is 0. The molecule has 1 amide bonds. The first-order valence-electron chi connectivity index (χ1n) is 13.3. The van der Waals surface area contributed by atoms with E-state index in [0.717, 1.165) is 44.6 Å². The molecular formula is C31H31FN4O5S. The fraction of sp³-hybridized carbons (Fsp3) is 0.226. The fourth-order valence-corrected chi connectivity index (χ4v) is 6.36. The first-order chi connectivity index (χ1) is 20.0. The van der Waals surface area contributed by atoms with Gasteiger partial charge in [-0.25, -0.2) is 18.2 Å². The Morgan fingerprint density at radius 3 is 2.40 bits per heavy atom. The van der Waals surface area contributed by atoms with Crippen LogP contribution >= 0.6 is 0 Å². The molecule has 9 nitrogen and oxygen atoms in total. The Bertz CT molecular complexity index is 1780. The van der Waals surface area contributed by atoms with Crippen molar-refractivity contribution in [2.24, 2.45) is 5.10 Å². The van der Waals surface area contributed by atoms with Crippen LogP contribution in [0.4, 0.5) is 10.1 Å². The lowest BCUT2D eigenvalue weighted by Gasteiger charge is -2.25. The average Bonchev–Trinajstić information content (AvgIpc) is 3.24. The molecule has 0 bridgehead atoms. The van der Waals surface area contributed by atoms with Gasteiger partial charge in [-0.15, -0.1) is 0 Å². The second kappa shape index (κ2) is 11.7. The number of hydrogen-bond donors (Lipinski definition) is 1. The number of hydrogen-bond acceptors (Lipinski definition) is 6. The smallest absolute Gasteiger partial charge is 0.264 e. The number of aryl methyl sites for hydroxylation is 3. The van der Waals surface area contributed by atoms with E-state index in [1.54, 1.807) is 0 Å². The van der Waals surface area contributed by atoms with Crippen LogP contribution in [0.1, 0.15) is 28.1 Å². The van der Waals surface area contributed by atoms with E-state index in [2.05, 4.69) is 40.2 Å². The Balaban J connectivity index is 1.37. The number of fused-ring (bicyclic) bond motifs is 1. The molecule has 1 aromatic heterocycles. The monoisotopic (exact) mass is 590 g/mol. The van der Waals surface area contributed by atoms with Gasteiger partial charge in [-0.1, -0.05) is 17.7 Å². The van der Waals surface area contributed by atoms with Gasteiger partial charge in [-0.2, -0.15) is 5.10 Å². The minimum atomic E-state index is -4.26. The van der Waals surface area contributed by atoms with Gasteiger partial charge < -0.3 is 14.0 Å². The summed E-state index contributed by atoms with van der Waals surface area (Å²) in [5.41, 5.74) is 8.64. The van der Waals surface area contributed by atoms with Crippen molar-refractivity contribution in [1.29, 1.82) is 0 Å². The molecule has 5 rings (SSSR count). The van der Waals surface area contributed by atoms with Crippen molar-refractivity contribution in [2.45, 2.75) is 32.6 Å². The van der Waals surface area contributed by atoms with Gasteiger partial charge in [0.25, 0.3) is 15.9 Å². The predicted molar refractivity (Wildman–Crippen MR) is 159 cm³/mol. The molecule has 11 heteroatoms. The molecule has 0 saturated carbocycles. The number of halogens is 1. The Morgan fingerprint density at radius 2 is 1.69 bits per heavy atom. The van der Waals surface area contributed by atoms with Crippen LogP contribution in [0.3, 0.4) is 0 Å². The number of anilines is 1. The van der Waals surface area contributed by atoms with Gasteiger partial charge in [0.2, 0.25) is 0 Å². The lowest BCUT2D eigenvalue weighted by Crippen LogP contribution is -2.39. The number of ether oxygens (including phenoxy) is 2. The van der Waals surface area contributed by atoms with E-state index in [1.807, 2.05) is 26.8 Å². The number of amides is 1. The van der Waals surface area contributed by atoms with Crippen molar-refractivity contribution in [1.82, 2.24) is 9.99 Å². The van der Waals surface area contributed by atoms with Gasteiger partial charge >= 0.3 is 0 Å². The molecule has 218 valence electrons. The maximum absolute atomic E-state index is 13.7. The third-order valence-corrected chi connectivity index (χ3v) is 8.73. The van der Waals surface area contributed by atoms with Gasteiger partial charge in [0.1, 0.15) is 25.6 Å². The van der Waals surface area contributed by atoms with Gasteiger partial charge in [0, 0.05) is 28.7 Å². The van der Waals surface area contributed by atoms with Crippen LogP contribution in [-0.2, 0) is 14.8 Å². The molecule has 42 heavy (non-hydrogen) atoms. The number of nitrogens with zero attached hydrogens (tertiary/aromatic N) is 3. The van der Waals surface area contributed by atoms with Gasteiger partial charge in [0.05, 0.1) is 16.8 Å². The van der Waals surface area contributed by atoms with Crippen molar-refractivity contribution in [3.05, 3.63) is 101 Å². The van der Waals surface area contributed by atoms with E-state index in [0.29, 0.717) is 12.4 Å². The first-order valence-corrected chi connectivity index (χ1v) is 14.7. The SMILES string of the molecule is Cc1ccc(-n2c(C)cc(/C=N\NC(=O)CN(c3ccc(F)cc3)S(=O)(=O)c3ccc4c(c3)OCCO4)c2C)c(C)c1. The second-order valence-electron chi connectivity index (χ2n) is 10.0. The summed E-state index contributed by atoms with van der Waals surface area (Å²) in [5, 5.41) is 4.10. The standard InChI is InChI=1S/C31H31FN4O5S/c1-20-5-11-28(21(2)15-20)36-22(3)16-24(23(36)4)18-33-34-31(37)19-35(26-8-6-25(32)7-9-26)42(38,39)27-10-12-29-30(17-27)41-14-13-40-29/h5-12,15-18H,13-14,19H2,1-4H3,(H,34,37)/b33-18-. The summed E-state index contributed by atoms with van der Waals surface area (Å²) in [4.78, 5) is 12.9. The minimum Gasteiger partial charge on any atom is -0.486 e. The topological polar surface area (TPSA) is 102 Å². The number of hydrazone groups is 1. The molecule has 2 heterocycles.